The molecule has 0 spiro atoms. The van der Waals surface area contributed by atoms with Crippen molar-refractivity contribution in [2.75, 3.05) is 0 Å². The first-order chi connectivity index (χ1) is 11.2. The maximum absolute atomic E-state index is 13.1. The van der Waals surface area contributed by atoms with E-state index >= 15 is 0 Å². The zero-order valence-electron chi connectivity index (χ0n) is 13.0. The summed E-state index contributed by atoms with van der Waals surface area (Å²) < 4.78 is 39.3. The van der Waals surface area contributed by atoms with Crippen LogP contribution in [0, 0.1) is 0 Å². The molecular formula is C16H16F3N3O2. The molecule has 2 aromatic rings. The van der Waals surface area contributed by atoms with E-state index in [9.17, 15) is 22.8 Å². The van der Waals surface area contributed by atoms with E-state index in [-0.39, 0.29) is 11.3 Å². The molecule has 0 aliphatic heterocycles. The monoisotopic (exact) mass is 339 g/mol. The predicted molar refractivity (Wildman–Crippen MR) is 81.6 cm³/mol. The molecule has 0 bridgehead atoms. The topological polar surface area (TPSA) is 74.8 Å². The molecule has 1 aromatic heterocycles. The van der Waals surface area contributed by atoms with Crippen molar-refractivity contribution in [3.8, 4) is 0 Å². The van der Waals surface area contributed by atoms with Crippen LogP contribution < -0.4 is 10.9 Å². The molecule has 2 atom stereocenters. The summed E-state index contributed by atoms with van der Waals surface area (Å²) >= 11 is 0. The Morgan fingerprint density at radius 2 is 1.83 bits per heavy atom. The Bertz CT molecular complexity index is 766. The number of carbonyl (C=O) groups is 1. The van der Waals surface area contributed by atoms with Crippen LogP contribution in [0.1, 0.15) is 41.4 Å². The third-order valence-electron chi connectivity index (χ3n) is 3.78. The summed E-state index contributed by atoms with van der Waals surface area (Å²) in [4.78, 5) is 23.0. The van der Waals surface area contributed by atoms with Crippen molar-refractivity contribution >= 4 is 5.91 Å². The molecule has 1 aromatic carbocycles. The lowest BCUT2D eigenvalue weighted by molar-refractivity contribution is -0.138. The number of aromatic nitrogens is 2. The number of alkyl halides is 3. The molecule has 0 saturated heterocycles. The number of nitrogens with zero attached hydrogens (tertiary/aromatic N) is 1. The van der Waals surface area contributed by atoms with E-state index < -0.39 is 35.2 Å². The van der Waals surface area contributed by atoms with Gasteiger partial charge < -0.3 is 5.32 Å². The van der Waals surface area contributed by atoms with Gasteiger partial charge in [-0.05, 0) is 24.6 Å². The highest BCUT2D eigenvalue weighted by atomic mass is 19.4. The van der Waals surface area contributed by atoms with Gasteiger partial charge in [-0.2, -0.15) is 18.3 Å². The molecular weight excluding hydrogens is 323 g/mol. The van der Waals surface area contributed by atoms with E-state index in [2.05, 4.69) is 15.5 Å². The van der Waals surface area contributed by atoms with Crippen molar-refractivity contribution in [2.45, 2.75) is 32.0 Å². The van der Waals surface area contributed by atoms with E-state index in [0.717, 1.165) is 12.1 Å². The van der Waals surface area contributed by atoms with Crippen LogP contribution in [-0.4, -0.2) is 22.1 Å². The molecule has 8 heteroatoms. The van der Waals surface area contributed by atoms with Crippen LogP contribution in [0.2, 0.25) is 0 Å². The van der Waals surface area contributed by atoms with Gasteiger partial charge in [0.2, 0.25) is 0 Å². The van der Waals surface area contributed by atoms with Crippen LogP contribution in [0.3, 0.4) is 0 Å². The van der Waals surface area contributed by atoms with Gasteiger partial charge in [-0.25, -0.2) is 5.10 Å². The number of amides is 1. The Labute approximate surface area is 135 Å². The van der Waals surface area contributed by atoms with Crippen molar-refractivity contribution in [2.24, 2.45) is 0 Å². The predicted octanol–water partition coefficient (Wildman–Crippen LogP) is 2.71. The van der Waals surface area contributed by atoms with E-state index in [1.54, 1.807) is 13.8 Å². The lowest BCUT2D eigenvalue weighted by Crippen LogP contribution is -2.37. The first kappa shape index (κ1) is 17.7. The van der Waals surface area contributed by atoms with Gasteiger partial charge >= 0.3 is 6.18 Å². The maximum Gasteiger partial charge on any atom is 0.416 e. The molecule has 2 N–H and O–H groups in total. The van der Waals surface area contributed by atoms with Gasteiger partial charge in [0, 0.05) is 18.0 Å². The highest BCUT2D eigenvalue weighted by Crippen LogP contribution is 2.35. The second-order valence-electron chi connectivity index (χ2n) is 5.44. The number of hydrogen-bond donors (Lipinski definition) is 2. The number of rotatable bonds is 4. The summed E-state index contributed by atoms with van der Waals surface area (Å²) in [6.07, 6.45) is -4.46. The van der Waals surface area contributed by atoms with E-state index in [1.807, 2.05) is 0 Å². The van der Waals surface area contributed by atoms with Crippen molar-refractivity contribution in [3.05, 3.63) is 63.6 Å². The molecule has 24 heavy (non-hydrogen) atoms. The molecule has 1 amide bonds. The Balaban J connectivity index is 2.18. The summed E-state index contributed by atoms with van der Waals surface area (Å²) in [6, 6.07) is 7.09. The second-order valence-corrected chi connectivity index (χ2v) is 5.44. The van der Waals surface area contributed by atoms with E-state index in [1.165, 1.54) is 24.3 Å². The first-order valence-electron chi connectivity index (χ1n) is 7.23. The smallest absolute Gasteiger partial charge is 0.348 e. The maximum atomic E-state index is 13.1. The van der Waals surface area contributed by atoms with E-state index in [4.69, 9.17) is 0 Å². The molecule has 2 unspecified atom stereocenters. The fraction of sp³-hybridized carbons (Fsp3) is 0.312. The molecule has 128 valence electrons. The van der Waals surface area contributed by atoms with E-state index in [0.29, 0.717) is 0 Å². The molecule has 5 nitrogen and oxygen atoms in total. The van der Waals surface area contributed by atoms with Gasteiger partial charge in [0.05, 0.1) is 5.56 Å². The van der Waals surface area contributed by atoms with Gasteiger partial charge in [0.25, 0.3) is 11.5 Å². The fourth-order valence-electron chi connectivity index (χ4n) is 2.30. The quantitative estimate of drug-likeness (QED) is 0.899. The number of nitrogens with one attached hydrogen (secondary N) is 2. The SMILES string of the molecule is CC(NC(=O)c1ccc(=O)[nH]n1)C(C)c1ccccc1C(F)(F)F. The molecule has 0 radical (unpaired) electrons. The Morgan fingerprint density at radius 1 is 1.17 bits per heavy atom. The fourth-order valence-corrected chi connectivity index (χ4v) is 2.30. The molecule has 1 heterocycles. The number of hydrogen-bond acceptors (Lipinski definition) is 3. The average Bonchev–Trinajstić information content (AvgIpc) is 2.53. The van der Waals surface area contributed by atoms with Gasteiger partial charge in [-0.15, -0.1) is 0 Å². The standard InChI is InChI=1S/C16H16F3N3O2/c1-9(11-5-3-4-6-12(11)16(17,18)19)10(2)20-15(24)13-7-8-14(23)22-21-13/h3-10H,1-2H3,(H,20,24)(H,22,23). The molecule has 0 aliphatic carbocycles. The van der Waals surface area contributed by atoms with Crippen LogP contribution in [-0.2, 0) is 6.18 Å². The third kappa shape index (κ3) is 4.01. The molecule has 0 saturated carbocycles. The van der Waals surface area contributed by atoms with Crippen LogP contribution in [0.25, 0.3) is 0 Å². The Morgan fingerprint density at radius 3 is 2.42 bits per heavy atom. The second kappa shape index (κ2) is 6.86. The number of benzene rings is 1. The average molecular weight is 339 g/mol. The normalized spacial score (nSPS) is 14.0. The van der Waals surface area contributed by atoms with Crippen LogP contribution >= 0.6 is 0 Å². The van der Waals surface area contributed by atoms with Gasteiger partial charge in [0.1, 0.15) is 5.69 Å². The third-order valence-corrected chi connectivity index (χ3v) is 3.78. The lowest BCUT2D eigenvalue weighted by Gasteiger charge is -2.24. The van der Waals surface area contributed by atoms with Gasteiger partial charge in [0.15, 0.2) is 0 Å². The summed E-state index contributed by atoms with van der Waals surface area (Å²) in [5, 5.41) is 8.32. The number of H-pyrrole nitrogens is 1. The van der Waals surface area contributed by atoms with Crippen molar-refractivity contribution in [1.29, 1.82) is 0 Å². The van der Waals surface area contributed by atoms with Crippen LogP contribution in [0.15, 0.2) is 41.2 Å². The minimum atomic E-state index is -4.46. The number of halogens is 3. The summed E-state index contributed by atoms with van der Waals surface area (Å²) in [6.45, 7) is 3.22. The van der Waals surface area contributed by atoms with Gasteiger partial charge in [-0.3, -0.25) is 9.59 Å². The Hall–Kier alpha value is -2.64. The molecule has 0 fully saturated rings. The zero-order chi connectivity index (χ0) is 17.9. The molecule has 0 aliphatic rings. The van der Waals surface area contributed by atoms with Crippen molar-refractivity contribution in [3.63, 3.8) is 0 Å². The van der Waals surface area contributed by atoms with Crippen LogP contribution in [0.5, 0.6) is 0 Å². The van der Waals surface area contributed by atoms with Crippen LogP contribution in [0.4, 0.5) is 13.2 Å². The Kier molecular flexibility index (Phi) is 5.06. The largest absolute Gasteiger partial charge is 0.416 e. The highest BCUT2D eigenvalue weighted by molar-refractivity contribution is 5.92. The summed E-state index contributed by atoms with van der Waals surface area (Å²) in [5.74, 6) is -1.15. The zero-order valence-corrected chi connectivity index (χ0v) is 13.0. The number of carbonyl (C=O) groups excluding carboxylic acids is 1. The minimum Gasteiger partial charge on any atom is -0.348 e. The lowest BCUT2D eigenvalue weighted by atomic mass is 9.90. The minimum absolute atomic E-state index is 0.0160. The number of aromatic amines is 1. The summed E-state index contributed by atoms with van der Waals surface area (Å²) in [5.41, 5.74) is -1.09. The van der Waals surface area contributed by atoms with Gasteiger partial charge in [-0.1, -0.05) is 25.1 Å². The summed E-state index contributed by atoms with van der Waals surface area (Å²) in [7, 11) is 0. The van der Waals surface area contributed by atoms with Crippen molar-refractivity contribution in [1.82, 2.24) is 15.5 Å². The molecule has 2 rings (SSSR count). The first-order valence-corrected chi connectivity index (χ1v) is 7.23. The highest BCUT2D eigenvalue weighted by Gasteiger charge is 2.35. The van der Waals surface area contributed by atoms with Crippen molar-refractivity contribution < 1.29 is 18.0 Å².